The largest absolute Gasteiger partial charge is 0.322 e. The van der Waals surface area contributed by atoms with Crippen molar-refractivity contribution < 1.29 is 9.18 Å². The highest BCUT2D eigenvalue weighted by atomic mass is 19.1. The van der Waals surface area contributed by atoms with Crippen LogP contribution in [-0.2, 0) is 6.54 Å². The molecule has 22 heavy (non-hydrogen) atoms. The van der Waals surface area contributed by atoms with E-state index in [2.05, 4.69) is 10.4 Å². The number of benzene rings is 2. The van der Waals surface area contributed by atoms with E-state index in [1.165, 1.54) is 12.1 Å². The topological polar surface area (TPSA) is 46.9 Å². The molecule has 0 spiro atoms. The standard InChI is InChI=1S/C17H14FN3O/c18-15-8-3-2-7-14(15)17(22)20-16-9-4-1-6-13(16)12-21-11-5-10-19-21/h1-11H,12H2,(H,20,22). The van der Waals surface area contributed by atoms with Gasteiger partial charge in [0.05, 0.1) is 12.1 Å². The van der Waals surface area contributed by atoms with Crippen LogP contribution in [0.15, 0.2) is 67.0 Å². The third-order valence-electron chi connectivity index (χ3n) is 3.28. The maximum atomic E-state index is 13.7. The Bertz CT molecular complexity index is 784. The number of nitrogens with one attached hydrogen (secondary N) is 1. The van der Waals surface area contributed by atoms with E-state index >= 15 is 0 Å². The van der Waals surface area contributed by atoms with Gasteiger partial charge in [0.25, 0.3) is 5.91 Å². The van der Waals surface area contributed by atoms with Gasteiger partial charge in [0.1, 0.15) is 5.82 Å². The Morgan fingerprint density at radius 3 is 2.64 bits per heavy atom. The highest BCUT2D eigenvalue weighted by Gasteiger charge is 2.12. The molecule has 0 saturated carbocycles. The lowest BCUT2D eigenvalue weighted by atomic mass is 10.1. The summed E-state index contributed by atoms with van der Waals surface area (Å²) in [6, 6.07) is 15.1. The van der Waals surface area contributed by atoms with E-state index in [-0.39, 0.29) is 5.56 Å². The number of rotatable bonds is 4. The molecule has 1 amide bonds. The van der Waals surface area contributed by atoms with Crippen molar-refractivity contribution in [2.24, 2.45) is 0 Å². The lowest BCUT2D eigenvalue weighted by Crippen LogP contribution is -2.15. The maximum Gasteiger partial charge on any atom is 0.258 e. The van der Waals surface area contributed by atoms with Gasteiger partial charge in [-0.15, -0.1) is 0 Å². The summed E-state index contributed by atoms with van der Waals surface area (Å²) in [5.74, 6) is -1.00. The summed E-state index contributed by atoms with van der Waals surface area (Å²) in [7, 11) is 0. The molecule has 2 aromatic carbocycles. The molecular formula is C17H14FN3O. The molecule has 1 heterocycles. The van der Waals surface area contributed by atoms with Crippen LogP contribution in [0.4, 0.5) is 10.1 Å². The van der Waals surface area contributed by atoms with Gasteiger partial charge in [-0.3, -0.25) is 9.48 Å². The highest BCUT2D eigenvalue weighted by molar-refractivity contribution is 6.04. The molecule has 0 atom stereocenters. The maximum absolute atomic E-state index is 13.7. The van der Waals surface area contributed by atoms with Gasteiger partial charge in [-0.05, 0) is 29.8 Å². The van der Waals surface area contributed by atoms with Crippen molar-refractivity contribution in [1.29, 1.82) is 0 Å². The molecule has 0 unspecified atom stereocenters. The number of hydrogen-bond acceptors (Lipinski definition) is 2. The Morgan fingerprint density at radius 1 is 1.09 bits per heavy atom. The first-order chi connectivity index (χ1) is 10.7. The summed E-state index contributed by atoms with van der Waals surface area (Å²) in [5, 5.41) is 6.91. The number of carbonyl (C=O) groups excluding carboxylic acids is 1. The predicted octanol–water partition coefficient (Wildman–Crippen LogP) is 3.32. The molecule has 0 saturated heterocycles. The first-order valence-corrected chi connectivity index (χ1v) is 6.85. The average Bonchev–Trinajstić information content (AvgIpc) is 3.02. The third kappa shape index (κ3) is 3.03. The summed E-state index contributed by atoms with van der Waals surface area (Å²) in [6.45, 7) is 0.528. The summed E-state index contributed by atoms with van der Waals surface area (Å²) in [4.78, 5) is 12.2. The van der Waals surface area contributed by atoms with Crippen molar-refractivity contribution >= 4 is 11.6 Å². The lowest BCUT2D eigenvalue weighted by Gasteiger charge is -2.11. The molecule has 0 bridgehead atoms. The second-order valence-corrected chi connectivity index (χ2v) is 4.79. The number of anilines is 1. The van der Waals surface area contributed by atoms with E-state index in [9.17, 15) is 9.18 Å². The Kier molecular flexibility index (Phi) is 3.96. The minimum Gasteiger partial charge on any atom is -0.322 e. The van der Waals surface area contributed by atoms with Gasteiger partial charge >= 0.3 is 0 Å². The van der Waals surface area contributed by atoms with Crippen LogP contribution in [0.3, 0.4) is 0 Å². The fraction of sp³-hybridized carbons (Fsp3) is 0.0588. The molecule has 3 aromatic rings. The van der Waals surface area contributed by atoms with Crippen molar-refractivity contribution in [3.8, 4) is 0 Å². The zero-order chi connectivity index (χ0) is 15.4. The van der Waals surface area contributed by atoms with Crippen molar-refractivity contribution in [2.45, 2.75) is 6.54 Å². The first-order valence-electron chi connectivity index (χ1n) is 6.85. The molecule has 3 rings (SSSR count). The molecule has 110 valence electrons. The summed E-state index contributed by atoms with van der Waals surface area (Å²) < 4.78 is 15.4. The molecule has 0 aliphatic heterocycles. The van der Waals surface area contributed by atoms with Crippen LogP contribution in [0.5, 0.6) is 0 Å². The molecule has 0 radical (unpaired) electrons. The van der Waals surface area contributed by atoms with E-state index in [0.29, 0.717) is 12.2 Å². The molecule has 1 aromatic heterocycles. The molecule has 5 heteroatoms. The number of halogens is 1. The van der Waals surface area contributed by atoms with Crippen LogP contribution >= 0.6 is 0 Å². The Morgan fingerprint density at radius 2 is 1.86 bits per heavy atom. The van der Waals surface area contributed by atoms with Crippen LogP contribution in [0, 0.1) is 5.82 Å². The van der Waals surface area contributed by atoms with Gasteiger partial charge in [-0.25, -0.2) is 4.39 Å². The Balaban J connectivity index is 1.83. The van der Waals surface area contributed by atoms with Crippen molar-refractivity contribution in [3.05, 3.63) is 83.9 Å². The quantitative estimate of drug-likeness (QED) is 0.802. The summed E-state index contributed by atoms with van der Waals surface area (Å²) in [6.07, 6.45) is 3.54. The summed E-state index contributed by atoms with van der Waals surface area (Å²) in [5.41, 5.74) is 1.57. The van der Waals surface area contributed by atoms with Crippen molar-refractivity contribution in [1.82, 2.24) is 9.78 Å². The second-order valence-electron chi connectivity index (χ2n) is 4.79. The van der Waals surface area contributed by atoms with Gasteiger partial charge in [-0.1, -0.05) is 30.3 Å². The number of nitrogens with zero attached hydrogens (tertiary/aromatic N) is 2. The molecule has 1 N–H and O–H groups in total. The van der Waals surface area contributed by atoms with Crippen LogP contribution < -0.4 is 5.32 Å². The zero-order valence-corrected chi connectivity index (χ0v) is 11.7. The fourth-order valence-corrected chi connectivity index (χ4v) is 2.18. The van der Waals surface area contributed by atoms with E-state index in [0.717, 1.165) is 5.56 Å². The lowest BCUT2D eigenvalue weighted by molar-refractivity contribution is 0.102. The summed E-state index contributed by atoms with van der Waals surface area (Å²) >= 11 is 0. The van der Waals surface area contributed by atoms with Gasteiger partial charge < -0.3 is 5.32 Å². The van der Waals surface area contributed by atoms with E-state index in [1.807, 2.05) is 30.5 Å². The molecule has 0 aliphatic carbocycles. The van der Waals surface area contributed by atoms with Crippen LogP contribution in [0.25, 0.3) is 0 Å². The number of amides is 1. The smallest absolute Gasteiger partial charge is 0.258 e. The third-order valence-corrected chi connectivity index (χ3v) is 3.28. The van der Waals surface area contributed by atoms with Crippen LogP contribution in [0.1, 0.15) is 15.9 Å². The molecule has 4 nitrogen and oxygen atoms in total. The Labute approximate surface area is 127 Å². The zero-order valence-electron chi connectivity index (χ0n) is 11.7. The minimum absolute atomic E-state index is 0.0244. The van der Waals surface area contributed by atoms with Gasteiger partial charge in [0, 0.05) is 18.1 Å². The van der Waals surface area contributed by atoms with Crippen LogP contribution in [-0.4, -0.2) is 15.7 Å². The van der Waals surface area contributed by atoms with Gasteiger partial charge in [0.15, 0.2) is 0 Å². The second kappa shape index (κ2) is 6.22. The van der Waals surface area contributed by atoms with Crippen molar-refractivity contribution in [3.63, 3.8) is 0 Å². The SMILES string of the molecule is O=C(Nc1ccccc1Cn1cccn1)c1ccccc1F. The normalized spacial score (nSPS) is 10.4. The number of hydrogen-bond donors (Lipinski definition) is 1. The predicted molar refractivity (Wildman–Crippen MR) is 82.1 cm³/mol. The number of carbonyl (C=O) groups is 1. The molecular weight excluding hydrogens is 281 g/mol. The monoisotopic (exact) mass is 295 g/mol. The van der Waals surface area contributed by atoms with E-state index in [1.54, 1.807) is 29.1 Å². The number of para-hydroxylation sites is 1. The highest BCUT2D eigenvalue weighted by Crippen LogP contribution is 2.18. The van der Waals surface area contributed by atoms with E-state index in [4.69, 9.17) is 0 Å². The molecule has 0 aliphatic rings. The van der Waals surface area contributed by atoms with Crippen molar-refractivity contribution in [2.75, 3.05) is 5.32 Å². The Hall–Kier alpha value is -2.95. The average molecular weight is 295 g/mol. The van der Waals surface area contributed by atoms with E-state index < -0.39 is 11.7 Å². The minimum atomic E-state index is -0.537. The molecule has 0 fully saturated rings. The van der Waals surface area contributed by atoms with Gasteiger partial charge in [-0.2, -0.15) is 5.10 Å². The number of aromatic nitrogens is 2. The first kappa shape index (κ1) is 14.0. The van der Waals surface area contributed by atoms with Gasteiger partial charge in [0.2, 0.25) is 0 Å². The van der Waals surface area contributed by atoms with Crippen LogP contribution in [0.2, 0.25) is 0 Å². The fourth-order valence-electron chi connectivity index (χ4n) is 2.18.